The summed E-state index contributed by atoms with van der Waals surface area (Å²) in [7, 11) is 0. The molecule has 1 aromatic rings. The van der Waals surface area contributed by atoms with Gasteiger partial charge in [-0.25, -0.2) is 4.39 Å². The van der Waals surface area contributed by atoms with Gasteiger partial charge in [-0.1, -0.05) is 12.1 Å². The highest BCUT2D eigenvalue weighted by atomic mass is 19.1. The standard InChI is InChI=1S/C13H18FNO/c1-2-16-13(9-15-12-7-8-12)10-3-5-11(14)6-4-10/h3-6,12-13,15H,2,7-9H2,1H3. The quantitative estimate of drug-likeness (QED) is 0.800. The van der Waals surface area contributed by atoms with Crippen molar-refractivity contribution < 1.29 is 9.13 Å². The van der Waals surface area contributed by atoms with Crippen LogP contribution in [0, 0.1) is 5.82 Å². The molecule has 1 fully saturated rings. The number of halogens is 1. The molecule has 3 heteroatoms. The minimum Gasteiger partial charge on any atom is -0.372 e. The second kappa shape index (κ2) is 5.41. The van der Waals surface area contributed by atoms with Gasteiger partial charge in [0, 0.05) is 19.2 Å². The number of hydrogen-bond donors (Lipinski definition) is 1. The highest BCUT2D eigenvalue weighted by Gasteiger charge is 2.22. The molecule has 0 bridgehead atoms. The number of rotatable bonds is 6. The van der Waals surface area contributed by atoms with Crippen molar-refractivity contribution in [2.75, 3.05) is 13.2 Å². The van der Waals surface area contributed by atoms with Gasteiger partial charge in [0.2, 0.25) is 0 Å². The molecule has 0 spiro atoms. The zero-order valence-electron chi connectivity index (χ0n) is 9.58. The molecule has 0 saturated heterocycles. The van der Waals surface area contributed by atoms with E-state index >= 15 is 0 Å². The highest BCUT2D eigenvalue weighted by Crippen LogP contribution is 2.22. The van der Waals surface area contributed by atoms with Crippen LogP contribution in [0.3, 0.4) is 0 Å². The van der Waals surface area contributed by atoms with Crippen LogP contribution in [0.2, 0.25) is 0 Å². The highest BCUT2D eigenvalue weighted by molar-refractivity contribution is 5.19. The maximum atomic E-state index is 12.8. The van der Waals surface area contributed by atoms with Gasteiger partial charge in [0.1, 0.15) is 5.82 Å². The fourth-order valence-electron chi connectivity index (χ4n) is 1.71. The van der Waals surface area contributed by atoms with Crippen LogP contribution in [-0.4, -0.2) is 19.2 Å². The third-order valence-corrected chi connectivity index (χ3v) is 2.78. The van der Waals surface area contributed by atoms with Crippen LogP contribution in [0.1, 0.15) is 31.4 Å². The molecule has 1 unspecified atom stereocenters. The van der Waals surface area contributed by atoms with Crippen LogP contribution >= 0.6 is 0 Å². The van der Waals surface area contributed by atoms with E-state index in [0.29, 0.717) is 12.6 Å². The lowest BCUT2D eigenvalue weighted by molar-refractivity contribution is 0.0620. The Hall–Kier alpha value is -0.930. The number of ether oxygens (including phenoxy) is 1. The predicted molar refractivity (Wildman–Crippen MR) is 61.8 cm³/mol. The number of benzene rings is 1. The van der Waals surface area contributed by atoms with E-state index in [1.54, 1.807) is 12.1 Å². The van der Waals surface area contributed by atoms with Crippen molar-refractivity contribution in [1.82, 2.24) is 5.32 Å². The molecule has 2 nitrogen and oxygen atoms in total. The maximum absolute atomic E-state index is 12.8. The van der Waals surface area contributed by atoms with Crippen LogP contribution < -0.4 is 5.32 Å². The summed E-state index contributed by atoms with van der Waals surface area (Å²) in [6, 6.07) is 7.23. The molecule has 1 saturated carbocycles. The Bertz CT molecular complexity index is 321. The second-order valence-electron chi connectivity index (χ2n) is 4.18. The van der Waals surface area contributed by atoms with Gasteiger partial charge in [-0.15, -0.1) is 0 Å². The minimum absolute atomic E-state index is 0.0335. The van der Waals surface area contributed by atoms with Crippen molar-refractivity contribution in [3.63, 3.8) is 0 Å². The molecular formula is C13H18FNO. The first-order chi connectivity index (χ1) is 7.79. The van der Waals surface area contributed by atoms with Gasteiger partial charge in [-0.05, 0) is 37.5 Å². The van der Waals surface area contributed by atoms with Crippen LogP contribution in [0.5, 0.6) is 0 Å². The van der Waals surface area contributed by atoms with Crippen molar-refractivity contribution in [2.24, 2.45) is 0 Å². The fraction of sp³-hybridized carbons (Fsp3) is 0.538. The largest absolute Gasteiger partial charge is 0.372 e. The van der Waals surface area contributed by atoms with Crippen LogP contribution in [-0.2, 0) is 4.74 Å². The third-order valence-electron chi connectivity index (χ3n) is 2.78. The van der Waals surface area contributed by atoms with E-state index in [0.717, 1.165) is 12.1 Å². The molecular weight excluding hydrogens is 205 g/mol. The summed E-state index contributed by atoms with van der Waals surface area (Å²) in [4.78, 5) is 0. The number of hydrogen-bond acceptors (Lipinski definition) is 2. The second-order valence-corrected chi connectivity index (χ2v) is 4.18. The molecule has 0 heterocycles. The van der Waals surface area contributed by atoms with Crippen molar-refractivity contribution >= 4 is 0 Å². The van der Waals surface area contributed by atoms with Gasteiger partial charge in [0.15, 0.2) is 0 Å². The van der Waals surface area contributed by atoms with E-state index in [2.05, 4.69) is 5.32 Å². The average Bonchev–Trinajstić information content (AvgIpc) is 3.09. The Morgan fingerprint density at radius 1 is 1.38 bits per heavy atom. The van der Waals surface area contributed by atoms with Gasteiger partial charge in [-0.3, -0.25) is 0 Å². The molecule has 1 aromatic carbocycles. The lowest BCUT2D eigenvalue weighted by atomic mass is 10.1. The molecule has 0 radical (unpaired) electrons. The minimum atomic E-state index is -0.200. The molecule has 0 aliphatic heterocycles. The third kappa shape index (κ3) is 3.29. The van der Waals surface area contributed by atoms with Gasteiger partial charge in [0.25, 0.3) is 0 Å². The molecule has 0 amide bonds. The predicted octanol–water partition coefficient (Wildman–Crippen LogP) is 2.66. The Labute approximate surface area is 95.8 Å². The van der Waals surface area contributed by atoms with Crippen molar-refractivity contribution in [3.05, 3.63) is 35.6 Å². The molecule has 16 heavy (non-hydrogen) atoms. The monoisotopic (exact) mass is 223 g/mol. The fourth-order valence-corrected chi connectivity index (χ4v) is 1.71. The molecule has 0 aromatic heterocycles. The lowest BCUT2D eigenvalue weighted by Crippen LogP contribution is -2.25. The zero-order valence-corrected chi connectivity index (χ0v) is 9.58. The van der Waals surface area contributed by atoms with Crippen molar-refractivity contribution in [2.45, 2.75) is 31.9 Å². The first-order valence-electron chi connectivity index (χ1n) is 5.90. The SMILES string of the molecule is CCOC(CNC1CC1)c1ccc(F)cc1. The van der Waals surface area contributed by atoms with Gasteiger partial charge in [-0.2, -0.15) is 0 Å². The van der Waals surface area contributed by atoms with Gasteiger partial charge in [0.05, 0.1) is 6.10 Å². The Morgan fingerprint density at radius 3 is 2.62 bits per heavy atom. The Morgan fingerprint density at radius 2 is 2.06 bits per heavy atom. The summed E-state index contributed by atoms with van der Waals surface area (Å²) < 4.78 is 18.5. The maximum Gasteiger partial charge on any atom is 0.123 e. The Kier molecular flexibility index (Phi) is 3.91. The molecule has 1 aliphatic rings. The zero-order chi connectivity index (χ0) is 11.4. The lowest BCUT2D eigenvalue weighted by Gasteiger charge is -2.18. The van der Waals surface area contributed by atoms with Gasteiger partial charge >= 0.3 is 0 Å². The molecule has 2 rings (SSSR count). The van der Waals surface area contributed by atoms with Crippen LogP contribution in [0.15, 0.2) is 24.3 Å². The van der Waals surface area contributed by atoms with E-state index in [-0.39, 0.29) is 11.9 Å². The first kappa shape index (κ1) is 11.6. The van der Waals surface area contributed by atoms with E-state index in [1.165, 1.54) is 25.0 Å². The summed E-state index contributed by atoms with van der Waals surface area (Å²) in [5.74, 6) is -0.200. The van der Waals surface area contributed by atoms with Crippen molar-refractivity contribution in [3.8, 4) is 0 Å². The smallest absolute Gasteiger partial charge is 0.123 e. The van der Waals surface area contributed by atoms with Crippen LogP contribution in [0.25, 0.3) is 0 Å². The normalized spacial score (nSPS) is 17.4. The summed E-state index contributed by atoms with van der Waals surface area (Å²) >= 11 is 0. The van der Waals surface area contributed by atoms with Crippen molar-refractivity contribution in [1.29, 1.82) is 0 Å². The van der Waals surface area contributed by atoms with E-state index in [9.17, 15) is 4.39 Å². The van der Waals surface area contributed by atoms with Gasteiger partial charge < -0.3 is 10.1 Å². The molecule has 1 atom stereocenters. The van der Waals surface area contributed by atoms with E-state index in [4.69, 9.17) is 4.74 Å². The Balaban J connectivity index is 1.95. The summed E-state index contributed by atoms with van der Waals surface area (Å²) in [6.45, 7) is 3.46. The molecule has 1 N–H and O–H groups in total. The summed E-state index contributed by atoms with van der Waals surface area (Å²) in [5.41, 5.74) is 1.04. The topological polar surface area (TPSA) is 21.3 Å². The number of nitrogens with one attached hydrogen (secondary N) is 1. The summed E-state index contributed by atoms with van der Waals surface area (Å²) in [5, 5.41) is 3.44. The summed E-state index contributed by atoms with van der Waals surface area (Å²) in [6.07, 6.45) is 2.57. The first-order valence-corrected chi connectivity index (χ1v) is 5.90. The molecule has 1 aliphatic carbocycles. The molecule has 88 valence electrons. The van der Waals surface area contributed by atoms with E-state index < -0.39 is 0 Å². The average molecular weight is 223 g/mol. The van der Waals surface area contributed by atoms with Crippen LogP contribution in [0.4, 0.5) is 4.39 Å². The van der Waals surface area contributed by atoms with E-state index in [1.807, 2.05) is 6.92 Å².